The molecule has 2 heterocycles. The quantitative estimate of drug-likeness (QED) is 0.677. The van der Waals surface area contributed by atoms with E-state index in [-0.39, 0.29) is 0 Å². The fourth-order valence-corrected chi connectivity index (χ4v) is 1.61. The van der Waals surface area contributed by atoms with Crippen LogP contribution in [0.15, 0.2) is 18.3 Å². The number of anilines is 2. The van der Waals surface area contributed by atoms with Crippen LogP contribution in [0.5, 0.6) is 0 Å². The molecule has 0 unspecified atom stereocenters. The highest BCUT2D eigenvalue weighted by Crippen LogP contribution is 2.20. The van der Waals surface area contributed by atoms with Crippen molar-refractivity contribution in [1.29, 1.82) is 0 Å². The van der Waals surface area contributed by atoms with Crippen molar-refractivity contribution >= 4 is 11.5 Å². The summed E-state index contributed by atoms with van der Waals surface area (Å²) in [6.07, 6.45) is 4.35. The van der Waals surface area contributed by atoms with Crippen LogP contribution in [0.1, 0.15) is 12.8 Å². The lowest BCUT2D eigenvalue weighted by Gasteiger charge is -2.16. The Morgan fingerprint density at radius 2 is 2.08 bits per heavy atom. The molecule has 0 radical (unpaired) electrons. The number of nitrogens with two attached hydrogens (primary N) is 1. The highest BCUT2D eigenvalue weighted by Gasteiger charge is 2.11. The van der Waals surface area contributed by atoms with Crippen molar-refractivity contribution < 1.29 is 0 Å². The summed E-state index contributed by atoms with van der Waals surface area (Å²) in [6.45, 7) is 2.31. The van der Waals surface area contributed by atoms with Crippen LogP contribution in [0, 0.1) is 0 Å². The molecule has 0 spiro atoms. The van der Waals surface area contributed by atoms with Gasteiger partial charge >= 0.3 is 0 Å². The van der Waals surface area contributed by atoms with Crippen LogP contribution in [0.3, 0.4) is 0 Å². The van der Waals surface area contributed by atoms with Crippen molar-refractivity contribution in [3.63, 3.8) is 0 Å². The summed E-state index contributed by atoms with van der Waals surface area (Å²) in [7, 11) is 0. The minimum absolute atomic E-state index is 0.611. The highest BCUT2D eigenvalue weighted by atomic mass is 15.1. The van der Waals surface area contributed by atoms with Gasteiger partial charge in [-0.25, -0.2) is 4.98 Å². The SMILES string of the molecule is Nc1cc(N2CCCC2)ccn1. The molecule has 0 amide bonds. The van der Waals surface area contributed by atoms with Gasteiger partial charge in [0, 0.05) is 31.0 Å². The van der Waals surface area contributed by atoms with Gasteiger partial charge in [-0.05, 0) is 18.9 Å². The summed E-state index contributed by atoms with van der Waals surface area (Å²) in [6, 6.07) is 3.95. The van der Waals surface area contributed by atoms with Gasteiger partial charge in [0.25, 0.3) is 0 Å². The van der Waals surface area contributed by atoms with Crippen LogP contribution < -0.4 is 10.6 Å². The Balaban J connectivity index is 2.21. The summed E-state index contributed by atoms with van der Waals surface area (Å²) < 4.78 is 0. The molecule has 0 aliphatic carbocycles. The molecule has 1 fully saturated rings. The molecule has 1 aliphatic rings. The Morgan fingerprint density at radius 3 is 2.75 bits per heavy atom. The number of hydrogen-bond donors (Lipinski definition) is 1. The van der Waals surface area contributed by atoms with Crippen LogP contribution in [0.2, 0.25) is 0 Å². The van der Waals surface area contributed by atoms with E-state index in [4.69, 9.17) is 5.73 Å². The lowest BCUT2D eigenvalue weighted by Crippen LogP contribution is -2.17. The third kappa shape index (κ3) is 1.35. The molecule has 2 N–H and O–H groups in total. The first kappa shape index (κ1) is 7.40. The molecule has 1 saturated heterocycles. The number of aromatic nitrogens is 1. The van der Waals surface area contributed by atoms with E-state index < -0.39 is 0 Å². The number of pyridine rings is 1. The third-order valence-corrected chi connectivity index (χ3v) is 2.24. The topological polar surface area (TPSA) is 42.1 Å². The van der Waals surface area contributed by atoms with Crippen molar-refractivity contribution in [3.8, 4) is 0 Å². The number of hydrogen-bond acceptors (Lipinski definition) is 3. The molecule has 1 aromatic rings. The maximum absolute atomic E-state index is 5.59. The zero-order valence-electron chi connectivity index (χ0n) is 7.03. The fraction of sp³-hybridized carbons (Fsp3) is 0.444. The second-order valence-corrected chi connectivity index (χ2v) is 3.13. The van der Waals surface area contributed by atoms with Crippen molar-refractivity contribution in [2.45, 2.75) is 12.8 Å². The molecule has 2 rings (SSSR count). The predicted molar refractivity (Wildman–Crippen MR) is 50.1 cm³/mol. The molecule has 64 valence electrons. The molecule has 1 aromatic heterocycles. The molecule has 0 atom stereocenters. The van der Waals surface area contributed by atoms with Crippen LogP contribution >= 0.6 is 0 Å². The van der Waals surface area contributed by atoms with Gasteiger partial charge in [0.15, 0.2) is 0 Å². The Morgan fingerprint density at radius 1 is 1.33 bits per heavy atom. The van der Waals surface area contributed by atoms with Gasteiger partial charge in [-0.2, -0.15) is 0 Å². The van der Waals surface area contributed by atoms with Crippen LogP contribution in [0.25, 0.3) is 0 Å². The van der Waals surface area contributed by atoms with E-state index in [0.29, 0.717) is 5.82 Å². The maximum atomic E-state index is 5.59. The Kier molecular flexibility index (Phi) is 1.86. The Hall–Kier alpha value is -1.25. The van der Waals surface area contributed by atoms with Gasteiger partial charge in [-0.15, -0.1) is 0 Å². The van der Waals surface area contributed by atoms with Crippen LogP contribution in [0.4, 0.5) is 11.5 Å². The standard InChI is InChI=1S/C9H13N3/c10-9-7-8(3-4-11-9)12-5-1-2-6-12/h3-4,7H,1-2,5-6H2,(H2,10,11). The van der Waals surface area contributed by atoms with E-state index in [1.807, 2.05) is 12.1 Å². The zero-order valence-corrected chi connectivity index (χ0v) is 7.03. The summed E-state index contributed by atoms with van der Waals surface area (Å²) in [5.41, 5.74) is 6.80. The van der Waals surface area contributed by atoms with Gasteiger partial charge in [-0.3, -0.25) is 0 Å². The molecular formula is C9H13N3. The minimum atomic E-state index is 0.611. The molecular weight excluding hydrogens is 150 g/mol. The van der Waals surface area contributed by atoms with Gasteiger partial charge in [0.2, 0.25) is 0 Å². The molecule has 3 nitrogen and oxygen atoms in total. The largest absolute Gasteiger partial charge is 0.384 e. The molecule has 0 saturated carbocycles. The number of nitrogens with zero attached hydrogens (tertiary/aromatic N) is 2. The number of nitrogen functional groups attached to an aromatic ring is 1. The first-order chi connectivity index (χ1) is 5.86. The zero-order chi connectivity index (χ0) is 8.39. The number of rotatable bonds is 1. The van der Waals surface area contributed by atoms with Crippen molar-refractivity contribution in [3.05, 3.63) is 18.3 Å². The average Bonchev–Trinajstić information content (AvgIpc) is 2.56. The summed E-state index contributed by atoms with van der Waals surface area (Å²) in [5.74, 6) is 0.611. The van der Waals surface area contributed by atoms with E-state index >= 15 is 0 Å². The highest BCUT2D eigenvalue weighted by molar-refractivity contribution is 5.52. The first-order valence-electron chi connectivity index (χ1n) is 4.33. The van der Waals surface area contributed by atoms with Crippen LogP contribution in [-0.2, 0) is 0 Å². The molecule has 0 aromatic carbocycles. The molecule has 1 aliphatic heterocycles. The van der Waals surface area contributed by atoms with Gasteiger partial charge in [0.1, 0.15) is 5.82 Å². The van der Waals surface area contributed by atoms with Gasteiger partial charge in [-0.1, -0.05) is 0 Å². The van der Waals surface area contributed by atoms with Crippen LogP contribution in [-0.4, -0.2) is 18.1 Å². The third-order valence-electron chi connectivity index (χ3n) is 2.24. The first-order valence-corrected chi connectivity index (χ1v) is 4.33. The van der Waals surface area contributed by atoms with E-state index in [9.17, 15) is 0 Å². The van der Waals surface area contributed by atoms with Crippen molar-refractivity contribution in [2.75, 3.05) is 23.7 Å². The summed E-state index contributed by atoms with van der Waals surface area (Å²) in [4.78, 5) is 6.31. The minimum Gasteiger partial charge on any atom is -0.384 e. The lowest BCUT2D eigenvalue weighted by atomic mass is 10.3. The molecule has 12 heavy (non-hydrogen) atoms. The van der Waals surface area contributed by atoms with E-state index in [0.717, 1.165) is 13.1 Å². The monoisotopic (exact) mass is 163 g/mol. The normalized spacial score (nSPS) is 16.8. The maximum Gasteiger partial charge on any atom is 0.125 e. The lowest BCUT2D eigenvalue weighted by molar-refractivity contribution is 0.949. The average molecular weight is 163 g/mol. The second-order valence-electron chi connectivity index (χ2n) is 3.13. The smallest absolute Gasteiger partial charge is 0.125 e. The summed E-state index contributed by atoms with van der Waals surface area (Å²) in [5, 5.41) is 0. The van der Waals surface area contributed by atoms with E-state index in [1.54, 1.807) is 6.20 Å². The molecule has 3 heteroatoms. The predicted octanol–water partition coefficient (Wildman–Crippen LogP) is 1.26. The van der Waals surface area contributed by atoms with Gasteiger partial charge < -0.3 is 10.6 Å². The van der Waals surface area contributed by atoms with E-state index in [1.165, 1.54) is 18.5 Å². The Bertz CT molecular complexity index is 266. The second kappa shape index (κ2) is 3.01. The molecule has 0 bridgehead atoms. The van der Waals surface area contributed by atoms with E-state index in [2.05, 4.69) is 9.88 Å². The fourth-order valence-electron chi connectivity index (χ4n) is 1.61. The van der Waals surface area contributed by atoms with Gasteiger partial charge in [0.05, 0.1) is 0 Å². The van der Waals surface area contributed by atoms with Crippen molar-refractivity contribution in [1.82, 2.24) is 4.98 Å². The van der Waals surface area contributed by atoms with Crippen molar-refractivity contribution in [2.24, 2.45) is 0 Å². The Labute approximate surface area is 72.2 Å². The summed E-state index contributed by atoms with van der Waals surface area (Å²) >= 11 is 0.